The highest BCUT2D eigenvalue weighted by Gasteiger charge is 2.18. The first-order chi connectivity index (χ1) is 10.1. The van der Waals surface area contributed by atoms with E-state index in [1.54, 1.807) is 30.3 Å². The van der Waals surface area contributed by atoms with E-state index >= 15 is 0 Å². The smallest absolute Gasteiger partial charge is 0.228 e. The number of nitrogens with one attached hydrogen (secondary N) is 1. The van der Waals surface area contributed by atoms with Crippen molar-refractivity contribution < 1.29 is 4.79 Å². The van der Waals surface area contributed by atoms with Gasteiger partial charge in [-0.3, -0.25) is 9.69 Å². The molecule has 21 heavy (non-hydrogen) atoms. The van der Waals surface area contributed by atoms with Gasteiger partial charge in [0, 0.05) is 38.6 Å². The zero-order valence-corrected chi connectivity index (χ0v) is 14.1. The number of nitrogens with zero attached hydrogens (tertiary/aromatic N) is 3. The van der Waals surface area contributed by atoms with Crippen molar-refractivity contribution in [3.05, 3.63) is 16.1 Å². The molecule has 6 heteroatoms. The zero-order valence-electron chi connectivity index (χ0n) is 13.3. The molecule has 0 bridgehead atoms. The minimum atomic E-state index is 0.110. The van der Waals surface area contributed by atoms with Crippen LogP contribution in [0.15, 0.2) is 5.38 Å². The number of rotatable bonds is 7. The van der Waals surface area contributed by atoms with Gasteiger partial charge in [0.15, 0.2) is 0 Å². The number of thiazole rings is 1. The molecule has 5 nitrogen and oxygen atoms in total. The van der Waals surface area contributed by atoms with E-state index in [2.05, 4.69) is 27.5 Å². The zero-order chi connectivity index (χ0) is 15.2. The van der Waals surface area contributed by atoms with Gasteiger partial charge in [-0.05, 0) is 25.9 Å². The largest absolute Gasteiger partial charge is 0.348 e. The van der Waals surface area contributed by atoms with Crippen LogP contribution in [0.3, 0.4) is 0 Å². The highest BCUT2D eigenvalue weighted by molar-refractivity contribution is 7.09. The summed E-state index contributed by atoms with van der Waals surface area (Å²) in [6.07, 6.45) is 2.97. The molecule has 1 fully saturated rings. The lowest BCUT2D eigenvalue weighted by Gasteiger charge is -2.23. The molecule has 118 valence electrons. The average Bonchev–Trinajstić information content (AvgIpc) is 3.10. The first kappa shape index (κ1) is 16.4. The van der Waals surface area contributed by atoms with Crippen molar-refractivity contribution in [3.8, 4) is 0 Å². The van der Waals surface area contributed by atoms with E-state index in [-0.39, 0.29) is 5.91 Å². The number of aromatic nitrogens is 1. The van der Waals surface area contributed by atoms with Crippen molar-refractivity contribution in [2.24, 2.45) is 0 Å². The molecule has 1 atom stereocenters. The van der Waals surface area contributed by atoms with Crippen LogP contribution in [0, 0.1) is 0 Å². The predicted octanol–water partition coefficient (Wildman–Crippen LogP) is 1.35. The van der Waals surface area contributed by atoms with Crippen LogP contribution in [0.4, 0.5) is 0 Å². The molecule has 0 aromatic carbocycles. The van der Waals surface area contributed by atoms with Crippen LogP contribution in [0.2, 0.25) is 0 Å². The Morgan fingerprint density at radius 1 is 1.52 bits per heavy atom. The predicted molar refractivity (Wildman–Crippen MR) is 86.5 cm³/mol. The lowest BCUT2D eigenvalue weighted by atomic mass is 10.2. The van der Waals surface area contributed by atoms with Crippen LogP contribution in [-0.2, 0) is 17.8 Å². The van der Waals surface area contributed by atoms with E-state index in [1.165, 1.54) is 12.8 Å². The molecule has 1 amide bonds. The summed E-state index contributed by atoms with van der Waals surface area (Å²) in [5.41, 5.74) is 1.08. The van der Waals surface area contributed by atoms with Crippen molar-refractivity contribution >= 4 is 17.2 Å². The number of likely N-dealkylation sites (N-methyl/N-ethyl adjacent to an activating group) is 2. The summed E-state index contributed by atoms with van der Waals surface area (Å²) in [6.45, 7) is 6.33. The van der Waals surface area contributed by atoms with Crippen molar-refractivity contribution in [1.82, 2.24) is 20.1 Å². The van der Waals surface area contributed by atoms with Crippen LogP contribution in [0.25, 0.3) is 0 Å². The van der Waals surface area contributed by atoms with Crippen molar-refractivity contribution in [2.45, 2.75) is 38.8 Å². The van der Waals surface area contributed by atoms with Gasteiger partial charge in [0.05, 0.1) is 12.1 Å². The van der Waals surface area contributed by atoms with Crippen LogP contribution < -0.4 is 5.32 Å². The van der Waals surface area contributed by atoms with E-state index in [0.717, 1.165) is 36.9 Å². The summed E-state index contributed by atoms with van der Waals surface area (Å²) in [4.78, 5) is 20.4. The first-order valence-electron chi connectivity index (χ1n) is 7.67. The van der Waals surface area contributed by atoms with Crippen LogP contribution in [0.5, 0.6) is 0 Å². The Balaban J connectivity index is 1.86. The lowest BCUT2D eigenvalue weighted by molar-refractivity contribution is -0.127. The Morgan fingerprint density at radius 2 is 2.33 bits per heavy atom. The minimum absolute atomic E-state index is 0.110. The third-order valence-electron chi connectivity index (χ3n) is 3.87. The van der Waals surface area contributed by atoms with Gasteiger partial charge in [-0.2, -0.15) is 0 Å². The van der Waals surface area contributed by atoms with Crippen molar-refractivity contribution in [2.75, 3.05) is 33.7 Å². The Hall–Kier alpha value is -0.980. The molecule has 1 aromatic heterocycles. The molecule has 2 rings (SSSR count). The van der Waals surface area contributed by atoms with Gasteiger partial charge in [0.2, 0.25) is 5.91 Å². The summed E-state index contributed by atoms with van der Waals surface area (Å²) >= 11 is 1.59. The van der Waals surface area contributed by atoms with E-state index < -0.39 is 0 Å². The fraction of sp³-hybridized carbons (Fsp3) is 0.733. The molecule has 1 aliphatic heterocycles. The molecule has 2 heterocycles. The third-order valence-corrected chi connectivity index (χ3v) is 4.77. The quantitative estimate of drug-likeness (QED) is 0.826. The molecule has 1 aromatic rings. The van der Waals surface area contributed by atoms with Crippen molar-refractivity contribution in [3.63, 3.8) is 0 Å². The SMILES string of the molecule is CCN(Cc1csc(CC(=O)N(C)C)n1)CC1CCCN1. The van der Waals surface area contributed by atoms with Gasteiger partial charge >= 0.3 is 0 Å². The van der Waals surface area contributed by atoms with Gasteiger partial charge in [-0.1, -0.05) is 6.92 Å². The van der Waals surface area contributed by atoms with Crippen molar-refractivity contribution in [1.29, 1.82) is 0 Å². The van der Waals surface area contributed by atoms with Gasteiger partial charge in [0.1, 0.15) is 5.01 Å². The number of hydrogen-bond acceptors (Lipinski definition) is 5. The highest BCUT2D eigenvalue weighted by Crippen LogP contribution is 2.14. The van der Waals surface area contributed by atoms with Gasteiger partial charge < -0.3 is 10.2 Å². The average molecular weight is 310 g/mol. The summed E-state index contributed by atoms with van der Waals surface area (Å²) in [6, 6.07) is 0.623. The van der Waals surface area contributed by atoms with Gasteiger partial charge in [-0.25, -0.2) is 4.98 Å². The summed E-state index contributed by atoms with van der Waals surface area (Å²) in [5, 5.41) is 6.54. The normalized spacial score (nSPS) is 18.4. The monoisotopic (exact) mass is 310 g/mol. The fourth-order valence-corrected chi connectivity index (χ4v) is 3.33. The Bertz CT molecular complexity index is 454. The van der Waals surface area contributed by atoms with Gasteiger partial charge in [-0.15, -0.1) is 11.3 Å². The van der Waals surface area contributed by atoms with Crippen LogP contribution in [0.1, 0.15) is 30.5 Å². The third kappa shape index (κ3) is 5.05. The maximum atomic E-state index is 11.7. The first-order valence-corrected chi connectivity index (χ1v) is 8.55. The fourth-order valence-electron chi connectivity index (χ4n) is 2.55. The number of hydrogen-bond donors (Lipinski definition) is 1. The van der Waals surface area contributed by atoms with E-state index in [9.17, 15) is 4.79 Å². The number of carbonyl (C=O) groups excluding carboxylic acids is 1. The second-order valence-electron chi connectivity index (χ2n) is 5.82. The standard InChI is InChI=1S/C15H26N4OS/c1-4-19(9-12-6-5-7-16-12)10-13-11-21-14(17-13)8-15(20)18(2)3/h11-12,16H,4-10H2,1-3H3. The molecule has 1 saturated heterocycles. The number of carbonyl (C=O) groups is 1. The molecule has 0 aliphatic carbocycles. The summed E-state index contributed by atoms with van der Waals surface area (Å²) in [5.74, 6) is 0.110. The molecule has 0 saturated carbocycles. The molecular weight excluding hydrogens is 284 g/mol. The second kappa shape index (κ2) is 7.87. The summed E-state index contributed by atoms with van der Waals surface area (Å²) < 4.78 is 0. The maximum absolute atomic E-state index is 11.7. The van der Waals surface area contributed by atoms with Gasteiger partial charge in [0.25, 0.3) is 0 Å². The summed E-state index contributed by atoms with van der Waals surface area (Å²) in [7, 11) is 3.56. The van der Waals surface area contributed by atoms with E-state index in [0.29, 0.717) is 12.5 Å². The van der Waals surface area contributed by atoms with Crippen LogP contribution >= 0.6 is 11.3 Å². The molecular formula is C15H26N4OS. The number of amides is 1. The Labute approximate surface area is 131 Å². The lowest BCUT2D eigenvalue weighted by Crippen LogP contribution is -2.37. The Morgan fingerprint density at radius 3 is 2.95 bits per heavy atom. The second-order valence-corrected chi connectivity index (χ2v) is 6.76. The van der Waals surface area contributed by atoms with E-state index in [1.807, 2.05) is 0 Å². The highest BCUT2D eigenvalue weighted by atomic mass is 32.1. The topological polar surface area (TPSA) is 48.5 Å². The molecule has 0 radical (unpaired) electrons. The molecule has 1 unspecified atom stereocenters. The molecule has 1 N–H and O–H groups in total. The minimum Gasteiger partial charge on any atom is -0.348 e. The Kier molecular flexibility index (Phi) is 6.14. The maximum Gasteiger partial charge on any atom is 0.228 e. The van der Waals surface area contributed by atoms with E-state index in [4.69, 9.17) is 0 Å². The van der Waals surface area contributed by atoms with Crippen LogP contribution in [-0.4, -0.2) is 60.5 Å². The molecule has 0 spiro atoms. The molecule has 1 aliphatic rings.